The van der Waals surface area contributed by atoms with Crippen molar-refractivity contribution in [1.82, 2.24) is 39.9 Å². The molecule has 10 rings (SSSR count). The largest absolute Gasteiger partial charge is 0.261 e. The second-order valence-corrected chi connectivity index (χ2v) is 16.1. The van der Waals surface area contributed by atoms with Crippen LogP contribution in [0.5, 0.6) is 0 Å². The van der Waals surface area contributed by atoms with Crippen molar-refractivity contribution in [3.8, 4) is 102 Å². The van der Waals surface area contributed by atoms with Crippen LogP contribution in [0.2, 0.25) is 0 Å². The molecule has 0 bridgehead atoms. The molecule has 8 nitrogen and oxygen atoms in total. The van der Waals surface area contributed by atoms with E-state index in [0.717, 1.165) is 66.9 Å². The van der Waals surface area contributed by atoms with Crippen LogP contribution >= 0.6 is 0 Å². The van der Waals surface area contributed by atoms with Crippen molar-refractivity contribution in [3.05, 3.63) is 205 Å². The molecule has 0 aliphatic heterocycles. The molecular formula is C56H42N8. The Bertz CT molecular complexity index is 2950. The van der Waals surface area contributed by atoms with Gasteiger partial charge in [0.1, 0.15) is 0 Å². The van der Waals surface area contributed by atoms with Crippen LogP contribution in [0.15, 0.2) is 182 Å². The zero-order valence-corrected chi connectivity index (χ0v) is 35.9. The highest BCUT2D eigenvalue weighted by Crippen LogP contribution is 2.41. The van der Waals surface area contributed by atoms with Crippen LogP contribution in [0.4, 0.5) is 0 Å². The summed E-state index contributed by atoms with van der Waals surface area (Å²) in [6.45, 7) is 8.30. The van der Waals surface area contributed by atoms with E-state index in [4.69, 9.17) is 34.9 Å². The summed E-state index contributed by atoms with van der Waals surface area (Å²) < 4.78 is 0. The number of aryl methyl sites for hydroxylation is 4. The minimum Gasteiger partial charge on any atom is -0.261 e. The van der Waals surface area contributed by atoms with Gasteiger partial charge in [-0.15, -0.1) is 0 Å². The predicted molar refractivity (Wildman–Crippen MR) is 257 cm³/mol. The summed E-state index contributed by atoms with van der Waals surface area (Å²) >= 11 is 0. The monoisotopic (exact) mass is 826 g/mol. The minimum atomic E-state index is 0.584. The summed E-state index contributed by atoms with van der Waals surface area (Å²) in [5.41, 5.74) is 15.7. The molecule has 0 saturated carbocycles. The molecule has 0 fully saturated rings. The van der Waals surface area contributed by atoms with E-state index in [1.807, 2.05) is 6.20 Å². The fourth-order valence-electron chi connectivity index (χ4n) is 7.73. The summed E-state index contributed by atoms with van der Waals surface area (Å²) in [5, 5.41) is 0. The minimum absolute atomic E-state index is 0.584. The van der Waals surface area contributed by atoms with E-state index in [9.17, 15) is 0 Å². The maximum atomic E-state index is 5.06. The number of rotatable bonds is 9. The number of aromatic nitrogens is 8. The summed E-state index contributed by atoms with van der Waals surface area (Å²) in [5.74, 6) is 3.62. The van der Waals surface area contributed by atoms with Gasteiger partial charge in [-0.3, -0.25) is 9.97 Å². The topological polar surface area (TPSA) is 103 Å². The molecule has 0 N–H and O–H groups in total. The Morgan fingerprint density at radius 3 is 0.938 bits per heavy atom. The normalized spacial score (nSPS) is 11.1. The lowest BCUT2D eigenvalue weighted by Gasteiger charge is -2.16. The van der Waals surface area contributed by atoms with E-state index >= 15 is 0 Å². The zero-order chi connectivity index (χ0) is 43.6. The van der Waals surface area contributed by atoms with Crippen LogP contribution in [0, 0.1) is 27.7 Å². The van der Waals surface area contributed by atoms with Crippen molar-refractivity contribution in [1.29, 1.82) is 0 Å². The fourth-order valence-corrected chi connectivity index (χ4v) is 7.73. The van der Waals surface area contributed by atoms with Gasteiger partial charge in [-0.25, -0.2) is 29.9 Å². The second-order valence-electron chi connectivity index (χ2n) is 16.1. The molecule has 0 saturated heterocycles. The van der Waals surface area contributed by atoms with E-state index in [1.165, 1.54) is 22.3 Å². The Balaban J connectivity index is 1.10. The summed E-state index contributed by atoms with van der Waals surface area (Å²) in [4.78, 5) is 39.6. The number of nitrogens with zero attached hydrogens (tertiary/aromatic N) is 8. The average Bonchev–Trinajstić information content (AvgIpc) is 3.35. The van der Waals surface area contributed by atoms with E-state index in [2.05, 4.69) is 196 Å². The zero-order valence-electron chi connectivity index (χ0n) is 35.9. The van der Waals surface area contributed by atoms with Crippen molar-refractivity contribution in [2.45, 2.75) is 27.7 Å². The first kappa shape index (κ1) is 39.8. The molecule has 3 aromatic heterocycles. The van der Waals surface area contributed by atoms with Crippen LogP contribution in [-0.4, -0.2) is 39.9 Å². The third kappa shape index (κ3) is 8.32. The molecule has 0 aliphatic carbocycles. The Kier molecular flexibility index (Phi) is 10.7. The van der Waals surface area contributed by atoms with Gasteiger partial charge in [-0.2, -0.15) is 0 Å². The van der Waals surface area contributed by atoms with Gasteiger partial charge in [0, 0.05) is 51.3 Å². The summed E-state index contributed by atoms with van der Waals surface area (Å²) in [6.07, 6.45) is 5.25. The van der Waals surface area contributed by atoms with Gasteiger partial charge in [0.15, 0.2) is 34.9 Å². The Hall–Kier alpha value is -8.36. The Labute approximate surface area is 372 Å². The molecule has 0 amide bonds. The lowest BCUT2D eigenvalue weighted by atomic mass is 9.89. The molecule has 0 spiro atoms. The molecule has 306 valence electrons. The van der Waals surface area contributed by atoms with Crippen molar-refractivity contribution in [3.63, 3.8) is 0 Å². The predicted octanol–water partition coefficient (Wildman–Crippen LogP) is 13.1. The molecule has 8 heteroatoms. The van der Waals surface area contributed by atoms with Crippen molar-refractivity contribution in [2.24, 2.45) is 0 Å². The van der Waals surface area contributed by atoms with E-state index < -0.39 is 0 Å². The molecule has 7 aromatic carbocycles. The summed E-state index contributed by atoms with van der Waals surface area (Å²) in [7, 11) is 0. The molecular weight excluding hydrogens is 785 g/mol. The molecule has 3 heterocycles. The smallest absolute Gasteiger partial charge is 0.164 e. The van der Waals surface area contributed by atoms with E-state index in [0.29, 0.717) is 34.9 Å². The lowest BCUT2D eigenvalue weighted by molar-refractivity contribution is 1.07. The maximum absolute atomic E-state index is 5.06. The highest BCUT2D eigenvalue weighted by molar-refractivity contribution is 5.94. The average molecular weight is 827 g/mol. The van der Waals surface area contributed by atoms with Gasteiger partial charge in [-0.05, 0) is 62.1 Å². The lowest BCUT2D eigenvalue weighted by Crippen LogP contribution is -2.01. The first-order valence-corrected chi connectivity index (χ1v) is 21.2. The third-order valence-electron chi connectivity index (χ3n) is 11.3. The Morgan fingerprint density at radius 2 is 0.609 bits per heavy atom. The van der Waals surface area contributed by atoms with Crippen LogP contribution in [0.1, 0.15) is 22.3 Å². The third-order valence-corrected chi connectivity index (χ3v) is 11.3. The molecule has 0 radical (unpaired) electrons. The van der Waals surface area contributed by atoms with Crippen molar-refractivity contribution < 1.29 is 0 Å². The van der Waals surface area contributed by atoms with Crippen LogP contribution < -0.4 is 0 Å². The summed E-state index contributed by atoms with van der Waals surface area (Å²) in [6, 6.07) is 56.2. The molecule has 0 aliphatic rings. The van der Waals surface area contributed by atoms with Crippen LogP contribution in [0.3, 0.4) is 0 Å². The van der Waals surface area contributed by atoms with Gasteiger partial charge < -0.3 is 0 Å². The first-order valence-electron chi connectivity index (χ1n) is 21.2. The van der Waals surface area contributed by atoms with Crippen molar-refractivity contribution in [2.75, 3.05) is 0 Å². The SMILES string of the molecule is Cc1ccc(-c2nc(-c3ccc(C)cc3)nc(-c3cccc(-c4cccc(-c5cccc(-c6nc(-c7ccc(C)cc7)nc(-c7ccc(C)cc7)n6)c5)c4-c4cnccn4)c3)n2)cc1. The molecule has 10 aromatic rings. The second kappa shape index (κ2) is 17.2. The van der Waals surface area contributed by atoms with Gasteiger partial charge in [-0.1, -0.05) is 174 Å². The van der Waals surface area contributed by atoms with Crippen molar-refractivity contribution >= 4 is 0 Å². The maximum Gasteiger partial charge on any atom is 0.164 e. The van der Waals surface area contributed by atoms with E-state index in [1.54, 1.807) is 12.4 Å². The van der Waals surface area contributed by atoms with Crippen LogP contribution in [0.25, 0.3) is 102 Å². The van der Waals surface area contributed by atoms with Crippen LogP contribution in [-0.2, 0) is 0 Å². The quantitative estimate of drug-likeness (QED) is 0.142. The molecule has 0 unspecified atom stereocenters. The van der Waals surface area contributed by atoms with Gasteiger partial charge in [0.25, 0.3) is 0 Å². The molecule has 64 heavy (non-hydrogen) atoms. The number of hydrogen-bond acceptors (Lipinski definition) is 8. The fraction of sp³-hybridized carbons (Fsp3) is 0.0714. The van der Waals surface area contributed by atoms with Gasteiger partial charge in [0.2, 0.25) is 0 Å². The van der Waals surface area contributed by atoms with Gasteiger partial charge >= 0.3 is 0 Å². The standard InChI is InChI=1S/C56H42N8/c1-35-14-22-39(23-15-35)51-59-52(40-24-16-36(2)17-25-40)62-55(61-51)45-10-5-8-43(32-45)47-12-7-13-48(50(47)49-34-57-30-31-58-49)44-9-6-11-46(33-44)56-63-53(41-26-18-37(3)19-27-41)60-54(64-56)42-28-20-38(4)21-29-42/h5-34H,1-4H3. The van der Waals surface area contributed by atoms with E-state index in [-0.39, 0.29) is 0 Å². The van der Waals surface area contributed by atoms with Gasteiger partial charge in [0.05, 0.1) is 11.9 Å². The Morgan fingerprint density at radius 1 is 0.297 bits per heavy atom. The highest BCUT2D eigenvalue weighted by Gasteiger charge is 2.19. The number of hydrogen-bond donors (Lipinski definition) is 0. The number of benzene rings is 7. The highest BCUT2D eigenvalue weighted by atomic mass is 15.0. The molecule has 0 atom stereocenters. The first-order chi connectivity index (χ1) is 31.3.